The van der Waals surface area contributed by atoms with E-state index in [0.29, 0.717) is 0 Å². The average molecular weight is 392 g/mol. The van der Waals surface area contributed by atoms with Crippen molar-refractivity contribution in [1.29, 1.82) is 0 Å². The maximum absolute atomic E-state index is 14.5. The molecular formula is C17H23F3N2O5. The molecular weight excluding hydrogens is 369 g/mol. The first-order valence-corrected chi connectivity index (χ1v) is 8.22. The van der Waals surface area contributed by atoms with E-state index in [0.717, 1.165) is 24.1 Å². The smallest absolute Gasteiger partial charge is 0.421 e. The van der Waals surface area contributed by atoms with E-state index >= 15 is 0 Å². The molecule has 0 spiro atoms. The van der Waals surface area contributed by atoms with Crippen LogP contribution in [-0.4, -0.2) is 69.2 Å². The van der Waals surface area contributed by atoms with Crippen molar-refractivity contribution in [1.82, 2.24) is 10.2 Å². The highest BCUT2D eigenvalue weighted by atomic mass is 19.4. The number of carbonyl (C=O) groups is 1. The first kappa shape index (κ1) is 21.1. The van der Waals surface area contributed by atoms with E-state index in [9.17, 15) is 23.1 Å². The number of phenols is 1. The van der Waals surface area contributed by atoms with Gasteiger partial charge in [-0.25, -0.2) is 4.79 Å². The third-order valence-corrected chi connectivity index (χ3v) is 4.63. The van der Waals surface area contributed by atoms with Gasteiger partial charge in [0.1, 0.15) is 0 Å². The van der Waals surface area contributed by atoms with Gasteiger partial charge in [0.05, 0.1) is 21.3 Å². The Labute approximate surface area is 155 Å². The summed E-state index contributed by atoms with van der Waals surface area (Å²) < 4.78 is 58.0. The van der Waals surface area contributed by atoms with E-state index in [4.69, 9.17) is 9.47 Å². The fourth-order valence-electron chi connectivity index (χ4n) is 3.38. The first-order chi connectivity index (χ1) is 12.6. The van der Waals surface area contributed by atoms with Crippen LogP contribution in [0.2, 0.25) is 0 Å². The van der Waals surface area contributed by atoms with Crippen molar-refractivity contribution < 1.29 is 37.3 Å². The van der Waals surface area contributed by atoms with Crippen LogP contribution < -0.4 is 14.8 Å². The summed E-state index contributed by atoms with van der Waals surface area (Å²) in [6, 6.07) is 1.69. The number of carbonyl (C=O) groups excluding carboxylic acids is 1. The van der Waals surface area contributed by atoms with Gasteiger partial charge in [0.2, 0.25) is 11.3 Å². The number of esters is 1. The lowest BCUT2D eigenvalue weighted by Crippen LogP contribution is -2.66. The van der Waals surface area contributed by atoms with Gasteiger partial charge < -0.3 is 24.6 Å². The van der Waals surface area contributed by atoms with Crippen LogP contribution >= 0.6 is 0 Å². The molecule has 1 aliphatic heterocycles. The SMILES string of the molecule is COC(=O)[C@@](c1cc(OC)c(O)c(OC)c1)(N1CCN[C@H](C)C1)C(F)(F)F. The highest BCUT2D eigenvalue weighted by Crippen LogP contribution is 2.49. The van der Waals surface area contributed by atoms with Crippen LogP contribution in [0, 0.1) is 0 Å². The molecule has 1 aromatic rings. The number of benzene rings is 1. The monoisotopic (exact) mass is 392 g/mol. The Hall–Kier alpha value is -2.20. The number of phenolic OH excluding ortho intramolecular Hbond substituents is 1. The molecule has 1 aromatic carbocycles. The highest BCUT2D eigenvalue weighted by Gasteiger charge is 2.66. The highest BCUT2D eigenvalue weighted by molar-refractivity contribution is 5.84. The fraction of sp³-hybridized carbons (Fsp3) is 0.588. The van der Waals surface area contributed by atoms with Gasteiger partial charge >= 0.3 is 12.1 Å². The molecule has 7 nitrogen and oxygen atoms in total. The van der Waals surface area contributed by atoms with Crippen LogP contribution in [0.4, 0.5) is 13.2 Å². The Morgan fingerprint density at radius 2 is 1.78 bits per heavy atom. The zero-order valence-electron chi connectivity index (χ0n) is 15.5. The minimum absolute atomic E-state index is 0.0372. The number of aromatic hydroxyl groups is 1. The van der Waals surface area contributed by atoms with Crippen LogP contribution in [0.5, 0.6) is 17.2 Å². The molecule has 0 aliphatic carbocycles. The minimum atomic E-state index is -5.01. The second kappa shape index (κ2) is 7.81. The third kappa shape index (κ3) is 3.51. The second-order valence-corrected chi connectivity index (χ2v) is 6.23. The quantitative estimate of drug-likeness (QED) is 0.738. The van der Waals surface area contributed by atoms with E-state index in [-0.39, 0.29) is 37.2 Å². The largest absolute Gasteiger partial charge is 0.502 e. The summed E-state index contributed by atoms with van der Waals surface area (Å²) in [6.07, 6.45) is -5.01. The summed E-state index contributed by atoms with van der Waals surface area (Å²) >= 11 is 0. The number of rotatable bonds is 5. The Bertz CT molecular complexity index is 673. The molecule has 27 heavy (non-hydrogen) atoms. The van der Waals surface area contributed by atoms with Crippen molar-refractivity contribution in [3.05, 3.63) is 17.7 Å². The second-order valence-electron chi connectivity index (χ2n) is 6.23. The van der Waals surface area contributed by atoms with E-state index in [1.807, 2.05) is 0 Å². The van der Waals surface area contributed by atoms with Gasteiger partial charge in [0.25, 0.3) is 0 Å². The molecule has 1 heterocycles. The fourth-order valence-corrected chi connectivity index (χ4v) is 3.38. The molecule has 2 rings (SSSR count). The molecule has 1 saturated heterocycles. The third-order valence-electron chi connectivity index (χ3n) is 4.63. The van der Waals surface area contributed by atoms with E-state index in [2.05, 4.69) is 10.1 Å². The van der Waals surface area contributed by atoms with Crippen LogP contribution in [0.3, 0.4) is 0 Å². The van der Waals surface area contributed by atoms with Gasteiger partial charge in [0, 0.05) is 31.2 Å². The lowest BCUT2D eigenvalue weighted by molar-refractivity contribution is -0.246. The van der Waals surface area contributed by atoms with Crippen LogP contribution in [-0.2, 0) is 15.1 Å². The average Bonchev–Trinajstić information content (AvgIpc) is 2.61. The molecule has 2 atom stereocenters. The topological polar surface area (TPSA) is 80.3 Å². The van der Waals surface area contributed by atoms with Crippen LogP contribution in [0.1, 0.15) is 12.5 Å². The lowest BCUT2D eigenvalue weighted by atomic mass is 9.85. The Kier molecular flexibility index (Phi) is 6.10. The van der Waals surface area contributed by atoms with Gasteiger partial charge in [0.15, 0.2) is 11.5 Å². The molecule has 1 fully saturated rings. The number of alkyl halides is 3. The van der Waals surface area contributed by atoms with E-state index < -0.39 is 29.0 Å². The number of methoxy groups -OCH3 is 3. The van der Waals surface area contributed by atoms with Crippen LogP contribution in [0.15, 0.2) is 12.1 Å². The maximum Gasteiger partial charge on any atom is 0.421 e. The number of halogens is 3. The molecule has 0 amide bonds. The number of hydrogen-bond donors (Lipinski definition) is 2. The number of hydrogen-bond acceptors (Lipinski definition) is 7. The summed E-state index contributed by atoms with van der Waals surface area (Å²) in [7, 11) is 3.29. The molecule has 0 radical (unpaired) electrons. The standard InChI is InChI=1S/C17H23F3N2O5/c1-10-9-22(6-5-21-10)16(15(24)27-4,17(18,19)20)11-7-12(25-2)14(23)13(8-11)26-3/h7-8,10,21,23H,5-6,9H2,1-4H3/t10-,16-/m1/s1. The van der Waals surface area contributed by atoms with Crippen molar-refractivity contribution in [2.24, 2.45) is 0 Å². The molecule has 0 aromatic heterocycles. The van der Waals surface area contributed by atoms with Crippen molar-refractivity contribution in [3.8, 4) is 17.2 Å². The van der Waals surface area contributed by atoms with Gasteiger partial charge in [-0.15, -0.1) is 0 Å². The van der Waals surface area contributed by atoms with Crippen LogP contribution in [0.25, 0.3) is 0 Å². The molecule has 152 valence electrons. The van der Waals surface area contributed by atoms with Crippen molar-refractivity contribution in [2.45, 2.75) is 24.7 Å². The summed E-state index contributed by atoms with van der Waals surface area (Å²) in [6.45, 7) is 1.91. The molecule has 0 bridgehead atoms. The summed E-state index contributed by atoms with van der Waals surface area (Å²) in [4.78, 5) is 13.7. The first-order valence-electron chi connectivity index (χ1n) is 8.22. The van der Waals surface area contributed by atoms with Crippen molar-refractivity contribution in [2.75, 3.05) is 41.0 Å². The minimum Gasteiger partial charge on any atom is -0.502 e. The number of nitrogens with zero attached hydrogens (tertiary/aromatic N) is 1. The Morgan fingerprint density at radius 1 is 1.22 bits per heavy atom. The van der Waals surface area contributed by atoms with E-state index in [1.54, 1.807) is 6.92 Å². The summed E-state index contributed by atoms with van der Waals surface area (Å²) in [5.41, 5.74) is -3.53. The van der Waals surface area contributed by atoms with Crippen molar-refractivity contribution >= 4 is 5.97 Å². The number of ether oxygens (including phenoxy) is 3. The van der Waals surface area contributed by atoms with Gasteiger partial charge in [-0.3, -0.25) is 4.90 Å². The van der Waals surface area contributed by atoms with E-state index in [1.165, 1.54) is 14.2 Å². The summed E-state index contributed by atoms with van der Waals surface area (Å²) in [5, 5.41) is 13.1. The molecule has 1 aliphatic rings. The van der Waals surface area contributed by atoms with Gasteiger partial charge in [-0.2, -0.15) is 13.2 Å². The van der Waals surface area contributed by atoms with Gasteiger partial charge in [-0.05, 0) is 19.1 Å². The number of nitrogens with one attached hydrogen (secondary N) is 1. The Balaban J connectivity index is 2.81. The lowest BCUT2D eigenvalue weighted by Gasteiger charge is -2.46. The normalized spacial score (nSPS) is 20.6. The Morgan fingerprint density at radius 3 is 2.19 bits per heavy atom. The maximum atomic E-state index is 14.5. The predicted molar refractivity (Wildman–Crippen MR) is 90.0 cm³/mol. The molecule has 2 N–H and O–H groups in total. The van der Waals surface area contributed by atoms with Crippen molar-refractivity contribution in [3.63, 3.8) is 0 Å². The number of piperazine rings is 1. The molecule has 0 unspecified atom stereocenters. The molecule has 10 heteroatoms. The van der Waals surface area contributed by atoms with Gasteiger partial charge in [-0.1, -0.05) is 0 Å². The zero-order chi connectivity index (χ0) is 20.4. The predicted octanol–water partition coefficient (Wildman–Crippen LogP) is 1.63. The zero-order valence-corrected chi connectivity index (χ0v) is 15.5. The molecule has 0 saturated carbocycles. The summed E-state index contributed by atoms with van der Waals surface area (Å²) in [5.74, 6) is -2.42.